The van der Waals surface area contributed by atoms with Crippen molar-refractivity contribution in [2.75, 3.05) is 13.2 Å². The van der Waals surface area contributed by atoms with Gasteiger partial charge >= 0.3 is 0 Å². The number of benzene rings is 2. The van der Waals surface area contributed by atoms with Gasteiger partial charge in [0.05, 0.1) is 24.2 Å². The smallest absolute Gasteiger partial charge is 0.272 e. The van der Waals surface area contributed by atoms with Crippen molar-refractivity contribution in [1.82, 2.24) is 5.32 Å². The van der Waals surface area contributed by atoms with Crippen LogP contribution >= 0.6 is 0 Å². The van der Waals surface area contributed by atoms with E-state index in [1.54, 1.807) is 6.92 Å². The average Bonchev–Trinajstić information content (AvgIpc) is 2.63. The number of nitrogens with one attached hydrogen (secondary N) is 1. The topological polar surface area (TPSA) is 90.7 Å². The monoisotopic (exact) mass is 372 g/mol. The summed E-state index contributed by atoms with van der Waals surface area (Å²) in [5.41, 5.74) is 1.68. The summed E-state index contributed by atoms with van der Waals surface area (Å²) in [5, 5.41) is 13.8. The van der Waals surface area contributed by atoms with E-state index in [9.17, 15) is 14.9 Å². The van der Waals surface area contributed by atoms with E-state index in [1.807, 2.05) is 39.0 Å². The lowest BCUT2D eigenvalue weighted by Crippen LogP contribution is -2.26. The zero-order valence-corrected chi connectivity index (χ0v) is 15.9. The van der Waals surface area contributed by atoms with Gasteiger partial charge < -0.3 is 14.8 Å². The molecule has 0 heterocycles. The molecule has 27 heavy (non-hydrogen) atoms. The molecule has 7 heteroatoms. The van der Waals surface area contributed by atoms with Gasteiger partial charge in [-0.1, -0.05) is 6.07 Å². The van der Waals surface area contributed by atoms with Crippen LogP contribution in [0.25, 0.3) is 0 Å². The Bertz CT molecular complexity index is 835. The number of nitrogens with zero attached hydrogens (tertiary/aromatic N) is 1. The molecule has 0 aliphatic carbocycles. The van der Waals surface area contributed by atoms with Gasteiger partial charge in [-0.15, -0.1) is 0 Å². The number of ether oxygens (including phenoxy) is 2. The predicted octanol–water partition coefficient (Wildman–Crippen LogP) is 4.19. The molecule has 0 aromatic heterocycles. The molecule has 0 aliphatic rings. The fourth-order valence-electron chi connectivity index (χ4n) is 2.70. The van der Waals surface area contributed by atoms with E-state index in [0.29, 0.717) is 35.8 Å². The molecular weight excluding hydrogens is 348 g/mol. The highest BCUT2D eigenvalue weighted by atomic mass is 16.6. The van der Waals surface area contributed by atoms with E-state index in [2.05, 4.69) is 5.32 Å². The fraction of sp³-hybridized carbons (Fsp3) is 0.350. The third kappa shape index (κ3) is 4.97. The van der Waals surface area contributed by atoms with Gasteiger partial charge in [-0.25, -0.2) is 0 Å². The minimum atomic E-state index is -0.463. The SMILES string of the molecule is CCOc1ccc([C@@H](C)NC(=O)c2ccc([N+](=O)[O-])c(C)c2)cc1OCC. The molecule has 7 nitrogen and oxygen atoms in total. The van der Waals surface area contributed by atoms with Gasteiger partial charge in [0.25, 0.3) is 11.6 Å². The first-order valence-electron chi connectivity index (χ1n) is 8.82. The summed E-state index contributed by atoms with van der Waals surface area (Å²) in [6, 6.07) is 9.59. The minimum Gasteiger partial charge on any atom is -0.490 e. The molecule has 0 unspecified atom stereocenters. The van der Waals surface area contributed by atoms with Crippen molar-refractivity contribution >= 4 is 11.6 Å². The average molecular weight is 372 g/mol. The summed E-state index contributed by atoms with van der Waals surface area (Å²) < 4.78 is 11.2. The molecule has 0 spiro atoms. The Kier molecular flexibility index (Phi) is 6.76. The highest BCUT2D eigenvalue weighted by molar-refractivity contribution is 5.95. The van der Waals surface area contributed by atoms with Crippen LogP contribution in [0.2, 0.25) is 0 Å². The summed E-state index contributed by atoms with van der Waals surface area (Å²) >= 11 is 0. The van der Waals surface area contributed by atoms with Crippen molar-refractivity contribution in [3.8, 4) is 11.5 Å². The van der Waals surface area contributed by atoms with E-state index < -0.39 is 4.92 Å². The third-order valence-electron chi connectivity index (χ3n) is 4.07. The normalized spacial score (nSPS) is 11.6. The van der Waals surface area contributed by atoms with Gasteiger partial charge in [-0.2, -0.15) is 0 Å². The number of amides is 1. The van der Waals surface area contributed by atoms with Crippen LogP contribution in [-0.2, 0) is 0 Å². The van der Waals surface area contributed by atoms with Crippen LogP contribution < -0.4 is 14.8 Å². The van der Waals surface area contributed by atoms with E-state index in [4.69, 9.17) is 9.47 Å². The van der Waals surface area contributed by atoms with Gasteiger partial charge in [0.2, 0.25) is 0 Å². The second-order valence-electron chi connectivity index (χ2n) is 6.03. The van der Waals surface area contributed by atoms with Crippen molar-refractivity contribution < 1.29 is 19.2 Å². The first-order valence-corrected chi connectivity index (χ1v) is 8.82. The van der Waals surface area contributed by atoms with Crippen LogP contribution in [0.5, 0.6) is 11.5 Å². The minimum absolute atomic E-state index is 0.00697. The van der Waals surface area contributed by atoms with Crippen molar-refractivity contribution in [3.63, 3.8) is 0 Å². The van der Waals surface area contributed by atoms with Gasteiger partial charge in [0.1, 0.15) is 0 Å². The molecule has 2 rings (SSSR count). The molecule has 0 radical (unpaired) electrons. The number of carbonyl (C=O) groups excluding carboxylic acids is 1. The standard InChI is InChI=1S/C20H24N2O5/c1-5-26-18-10-8-15(12-19(18)27-6-2)14(4)21-20(23)16-7-9-17(22(24)25)13(3)11-16/h7-12,14H,5-6H2,1-4H3,(H,21,23)/t14-/m1/s1. The largest absolute Gasteiger partial charge is 0.490 e. The zero-order chi connectivity index (χ0) is 20.0. The number of rotatable bonds is 8. The lowest BCUT2D eigenvalue weighted by Gasteiger charge is -2.17. The summed E-state index contributed by atoms with van der Waals surface area (Å²) in [5.74, 6) is 0.990. The van der Waals surface area contributed by atoms with Gasteiger partial charge in [0.15, 0.2) is 11.5 Å². The Morgan fingerprint density at radius 3 is 2.37 bits per heavy atom. The number of nitro benzene ring substituents is 1. The van der Waals surface area contributed by atoms with Crippen molar-refractivity contribution in [1.29, 1.82) is 0 Å². The molecule has 0 fully saturated rings. The van der Waals surface area contributed by atoms with Crippen LogP contribution in [0.1, 0.15) is 48.3 Å². The number of nitro groups is 1. The Morgan fingerprint density at radius 2 is 1.78 bits per heavy atom. The van der Waals surface area contributed by atoms with Crippen LogP contribution in [0.3, 0.4) is 0 Å². The number of hydrogen-bond donors (Lipinski definition) is 1. The summed E-state index contributed by atoms with van der Waals surface area (Å²) in [6.07, 6.45) is 0. The lowest BCUT2D eigenvalue weighted by molar-refractivity contribution is -0.385. The van der Waals surface area contributed by atoms with Crippen molar-refractivity contribution in [3.05, 3.63) is 63.2 Å². The van der Waals surface area contributed by atoms with Crippen LogP contribution in [-0.4, -0.2) is 24.0 Å². The van der Waals surface area contributed by atoms with Gasteiger partial charge in [-0.3, -0.25) is 14.9 Å². The molecule has 1 amide bonds. The Hall–Kier alpha value is -3.09. The number of hydrogen-bond acceptors (Lipinski definition) is 5. The summed E-state index contributed by atoms with van der Waals surface area (Å²) in [4.78, 5) is 22.9. The van der Waals surface area contributed by atoms with Crippen molar-refractivity contribution in [2.24, 2.45) is 0 Å². The third-order valence-corrected chi connectivity index (χ3v) is 4.07. The second kappa shape index (κ2) is 9.02. The first kappa shape index (κ1) is 20.2. The van der Waals surface area contributed by atoms with Crippen LogP contribution in [0.4, 0.5) is 5.69 Å². The first-order chi connectivity index (χ1) is 12.9. The van der Waals surface area contributed by atoms with Gasteiger partial charge in [0, 0.05) is 17.2 Å². The number of aryl methyl sites for hydroxylation is 1. The Labute approximate surface area is 158 Å². The molecule has 0 bridgehead atoms. The summed E-state index contributed by atoms with van der Waals surface area (Å²) in [6.45, 7) is 8.31. The lowest BCUT2D eigenvalue weighted by atomic mass is 10.1. The fourth-order valence-corrected chi connectivity index (χ4v) is 2.70. The van der Waals surface area contributed by atoms with E-state index in [-0.39, 0.29) is 17.6 Å². The van der Waals surface area contributed by atoms with E-state index in [1.165, 1.54) is 18.2 Å². The zero-order valence-electron chi connectivity index (χ0n) is 15.9. The number of carbonyl (C=O) groups is 1. The van der Waals surface area contributed by atoms with E-state index >= 15 is 0 Å². The van der Waals surface area contributed by atoms with E-state index in [0.717, 1.165) is 5.56 Å². The molecular formula is C20H24N2O5. The molecule has 1 atom stereocenters. The molecule has 2 aromatic carbocycles. The molecule has 0 saturated heterocycles. The second-order valence-corrected chi connectivity index (χ2v) is 6.03. The predicted molar refractivity (Wildman–Crippen MR) is 102 cm³/mol. The molecule has 144 valence electrons. The highest BCUT2D eigenvalue weighted by Gasteiger charge is 2.17. The van der Waals surface area contributed by atoms with Gasteiger partial charge in [-0.05, 0) is 57.5 Å². The van der Waals surface area contributed by atoms with Crippen LogP contribution in [0.15, 0.2) is 36.4 Å². The maximum atomic E-state index is 12.5. The molecule has 0 aliphatic heterocycles. The molecule has 1 N–H and O–H groups in total. The van der Waals surface area contributed by atoms with Crippen molar-refractivity contribution in [2.45, 2.75) is 33.7 Å². The Morgan fingerprint density at radius 1 is 1.11 bits per heavy atom. The maximum absolute atomic E-state index is 12.5. The highest BCUT2D eigenvalue weighted by Crippen LogP contribution is 2.31. The maximum Gasteiger partial charge on any atom is 0.272 e. The molecule has 0 saturated carbocycles. The van der Waals surface area contributed by atoms with Crippen LogP contribution in [0, 0.1) is 17.0 Å². The summed E-state index contributed by atoms with van der Waals surface area (Å²) in [7, 11) is 0. The molecule has 2 aromatic rings. The Balaban J connectivity index is 2.17. The quantitative estimate of drug-likeness (QED) is 0.554.